The number of hydrazine groups is 2. The zero-order valence-corrected chi connectivity index (χ0v) is 16.9. The Morgan fingerprint density at radius 2 is 2.07 bits per heavy atom. The smallest absolute Gasteiger partial charge is 0.189 e. The molecule has 8 heteroatoms. The van der Waals surface area contributed by atoms with Gasteiger partial charge in [0.05, 0.1) is 12.8 Å². The Bertz CT molecular complexity index is 1230. The van der Waals surface area contributed by atoms with Crippen molar-refractivity contribution in [2.24, 2.45) is 5.10 Å². The molecule has 7 nitrogen and oxygen atoms in total. The molecule has 0 aliphatic carbocycles. The van der Waals surface area contributed by atoms with Crippen LogP contribution in [0.15, 0.2) is 52.9 Å². The average molecular weight is 404 g/mol. The van der Waals surface area contributed by atoms with E-state index in [0.717, 1.165) is 28.3 Å². The number of pyridine rings is 1. The molecule has 0 amide bonds. The average Bonchev–Trinajstić information content (AvgIpc) is 3.48. The zero-order valence-electron chi connectivity index (χ0n) is 16.0. The van der Waals surface area contributed by atoms with Gasteiger partial charge in [-0.05, 0) is 42.8 Å². The summed E-state index contributed by atoms with van der Waals surface area (Å²) in [5, 5.41) is 7.52. The Labute approximate surface area is 171 Å². The molecule has 0 bridgehead atoms. The van der Waals surface area contributed by atoms with Crippen LogP contribution < -0.4 is 21.2 Å². The quantitative estimate of drug-likeness (QED) is 0.409. The maximum atomic E-state index is 5.41. The van der Waals surface area contributed by atoms with Crippen LogP contribution in [-0.4, -0.2) is 22.9 Å². The molecular formula is C21H20N6OS. The molecule has 146 valence electrons. The van der Waals surface area contributed by atoms with E-state index in [-0.39, 0.29) is 0 Å². The normalized spacial score (nSPS) is 13.2. The Balaban J connectivity index is 1.60. The molecule has 0 spiro atoms. The number of benzene rings is 1. The number of aromatic amines is 1. The molecule has 0 atom stereocenters. The fourth-order valence-electron chi connectivity index (χ4n) is 3.58. The van der Waals surface area contributed by atoms with Crippen LogP contribution in [0.5, 0.6) is 5.75 Å². The summed E-state index contributed by atoms with van der Waals surface area (Å²) in [5.41, 5.74) is 14.7. The van der Waals surface area contributed by atoms with Crippen LogP contribution in [0, 0.1) is 6.92 Å². The first-order valence-corrected chi connectivity index (χ1v) is 10.1. The maximum Gasteiger partial charge on any atom is 0.189 e. The van der Waals surface area contributed by atoms with Crippen molar-refractivity contribution >= 4 is 28.1 Å². The van der Waals surface area contributed by atoms with E-state index >= 15 is 0 Å². The summed E-state index contributed by atoms with van der Waals surface area (Å²) in [7, 11) is 1.69. The standard InChI is InChI=1S/C21H20N6OS/c1-12-8-13(11-29-12)20-17(16-7-6-15(28-2)10-19(16)23-20)9-14-4-3-5-18(22-14)21-24-26-27-25-21/h3-8,10-11,23,26-27H,9H2,1-2H3,(H,24,25). The molecular weight excluding hydrogens is 384 g/mol. The number of hydrogen-bond acceptors (Lipinski definition) is 7. The van der Waals surface area contributed by atoms with Crippen LogP contribution >= 0.6 is 11.3 Å². The minimum Gasteiger partial charge on any atom is -0.497 e. The molecule has 0 saturated heterocycles. The van der Waals surface area contributed by atoms with E-state index in [1.54, 1.807) is 18.4 Å². The van der Waals surface area contributed by atoms with Crippen LogP contribution in [0.25, 0.3) is 22.2 Å². The summed E-state index contributed by atoms with van der Waals surface area (Å²) in [5.74, 6) is 1.51. The van der Waals surface area contributed by atoms with Gasteiger partial charge in [-0.1, -0.05) is 6.07 Å². The third kappa shape index (κ3) is 3.32. The molecule has 5 rings (SSSR count). The lowest BCUT2D eigenvalue weighted by Crippen LogP contribution is -2.35. The summed E-state index contributed by atoms with van der Waals surface area (Å²) >= 11 is 1.75. The van der Waals surface area contributed by atoms with Gasteiger partial charge in [0.1, 0.15) is 11.4 Å². The molecule has 4 heterocycles. The van der Waals surface area contributed by atoms with E-state index in [4.69, 9.17) is 9.72 Å². The number of hydrogen-bond donors (Lipinski definition) is 4. The van der Waals surface area contributed by atoms with Crippen LogP contribution in [-0.2, 0) is 6.42 Å². The van der Waals surface area contributed by atoms with E-state index in [9.17, 15) is 0 Å². The number of aryl methyl sites for hydroxylation is 1. The number of H-pyrrole nitrogens is 1. The minimum absolute atomic E-state index is 0.671. The molecule has 4 N–H and O–H groups in total. The third-order valence-electron chi connectivity index (χ3n) is 4.94. The van der Waals surface area contributed by atoms with Gasteiger partial charge in [-0.3, -0.25) is 5.43 Å². The molecule has 0 unspecified atom stereocenters. The summed E-state index contributed by atoms with van der Waals surface area (Å²) in [6.45, 7) is 2.13. The predicted molar refractivity (Wildman–Crippen MR) is 116 cm³/mol. The van der Waals surface area contributed by atoms with Gasteiger partial charge < -0.3 is 9.72 Å². The number of amidine groups is 1. The number of methoxy groups -OCH3 is 1. The van der Waals surface area contributed by atoms with Crippen molar-refractivity contribution in [2.75, 3.05) is 7.11 Å². The molecule has 1 aliphatic rings. The molecule has 4 aromatic rings. The third-order valence-corrected chi connectivity index (χ3v) is 5.81. The number of thiophene rings is 1. The lowest BCUT2D eigenvalue weighted by atomic mass is 10.0. The Hall–Kier alpha value is -3.36. The lowest BCUT2D eigenvalue weighted by molar-refractivity contribution is 0.415. The van der Waals surface area contributed by atoms with Gasteiger partial charge in [0.15, 0.2) is 5.84 Å². The molecule has 0 fully saturated rings. The number of aromatic nitrogens is 2. The van der Waals surface area contributed by atoms with Crippen molar-refractivity contribution in [3.63, 3.8) is 0 Å². The highest BCUT2D eigenvalue weighted by molar-refractivity contribution is 7.10. The minimum atomic E-state index is 0.671. The first-order chi connectivity index (χ1) is 14.2. The number of ether oxygens (including phenoxy) is 1. The molecule has 3 aromatic heterocycles. The van der Waals surface area contributed by atoms with Crippen molar-refractivity contribution < 1.29 is 4.74 Å². The number of nitrogens with zero attached hydrogens (tertiary/aromatic N) is 2. The SMILES string of the molecule is COc1ccc2c(Cc3cccc(C4=NNNN4)n3)c(-c3csc(C)c3)[nH]c2c1. The van der Waals surface area contributed by atoms with Crippen molar-refractivity contribution in [1.29, 1.82) is 0 Å². The number of hydrazone groups is 1. The molecule has 0 saturated carbocycles. The van der Waals surface area contributed by atoms with Gasteiger partial charge in [0.25, 0.3) is 0 Å². The topological polar surface area (TPSA) is 86.4 Å². The highest BCUT2D eigenvalue weighted by Crippen LogP contribution is 2.35. The van der Waals surface area contributed by atoms with Crippen LogP contribution in [0.1, 0.15) is 21.8 Å². The van der Waals surface area contributed by atoms with Gasteiger partial charge in [0, 0.05) is 44.9 Å². The second kappa shape index (κ2) is 7.23. The van der Waals surface area contributed by atoms with E-state index in [1.165, 1.54) is 21.4 Å². The van der Waals surface area contributed by atoms with Crippen LogP contribution in [0.4, 0.5) is 0 Å². The number of nitrogens with one attached hydrogen (secondary N) is 4. The Kier molecular flexibility index (Phi) is 4.42. The van der Waals surface area contributed by atoms with E-state index in [0.29, 0.717) is 12.3 Å². The van der Waals surface area contributed by atoms with Gasteiger partial charge >= 0.3 is 0 Å². The molecule has 29 heavy (non-hydrogen) atoms. The first-order valence-electron chi connectivity index (χ1n) is 9.25. The summed E-state index contributed by atoms with van der Waals surface area (Å²) in [6, 6.07) is 14.4. The first kappa shape index (κ1) is 17.7. The monoisotopic (exact) mass is 404 g/mol. The molecule has 1 aromatic carbocycles. The Morgan fingerprint density at radius 1 is 1.14 bits per heavy atom. The van der Waals surface area contributed by atoms with E-state index in [1.807, 2.05) is 30.3 Å². The van der Waals surface area contributed by atoms with Crippen molar-refractivity contribution in [3.8, 4) is 17.0 Å². The predicted octanol–water partition coefficient (Wildman–Crippen LogP) is 3.47. The van der Waals surface area contributed by atoms with Crippen molar-refractivity contribution in [1.82, 2.24) is 26.5 Å². The molecule has 1 aliphatic heterocycles. The highest BCUT2D eigenvalue weighted by atomic mass is 32.1. The lowest BCUT2D eigenvalue weighted by Gasteiger charge is -2.06. The number of rotatable bonds is 5. The second-order valence-corrected chi connectivity index (χ2v) is 7.96. The van der Waals surface area contributed by atoms with E-state index < -0.39 is 0 Å². The highest BCUT2D eigenvalue weighted by Gasteiger charge is 2.17. The fraction of sp³-hybridized carbons (Fsp3) is 0.143. The Morgan fingerprint density at radius 3 is 2.83 bits per heavy atom. The summed E-state index contributed by atoms with van der Waals surface area (Å²) < 4.78 is 5.41. The van der Waals surface area contributed by atoms with Gasteiger partial charge in [-0.25, -0.2) is 10.5 Å². The largest absolute Gasteiger partial charge is 0.497 e. The number of fused-ring (bicyclic) bond motifs is 1. The fourth-order valence-corrected chi connectivity index (χ4v) is 4.27. The van der Waals surface area contributed by atoms with E-state index in [2.05, 4.69) is 51.0 Å². The van der Waals surface area contributed by atoms with Crippen LogP contribution in [0.2, 0.25) is 0 Å². The molecule has 0 radical (unpaired) electrons. The summed E-state index contributed by atoms with van der Waals surface area (Å²) in [4.78, 5) is 9.69. The second-order valence-electron chi connectivity index (χ2n) is 6.85. The van der Waals surface area contributed by atoms with Crippen molar-refractivity contribution in [2.45, 2.75) is 13.3 Å². The van der Waals surface area contributed by atoms with Crippen molar-refractivity contribution in [3.05, 3.63) is 69.7 Å². The van der Waals surface area contributed by atoms with Crippen LogP contribution in [0.3, 0.4) is 0 Å². The maximum absolute atomic E-state index is 5.41. The van der Waals surface area contributed by atoms with Gasteiger partial charge in [0.2, 0.25) is 0 Å². The zero-order chi connectivity index (χ0) is 19.8. The summed E-state index contributed by atoms with van der Waals surface area (Å²) in [6.07, 6.45) is 0.707. The van der Waals surface area contributed by atoms with Gasteiger partial charge in [-0.15, -0.1) is 22.0 Å². The van der Waals surface area contributed by atoms with Gasteiger partial charge in [-0.2, -0.15) is 0 Å².